The number of aryl methyl sites for hydroxylation is 1. The van der Waals surface area contributed by atoms with Crippen molar-refractivity contribution in [3.8, 4) is 0 Å². The number of carbonyl (C=O) groups is 1. The minimum Gasteiger partial charge on any atom is -0.359 e. The van der Waals surface area contributed by atoms with Gasteiger partial charge in [0.15, 0.2) is 5.78 Å². The third kappa shape index (κ3) is 0.909. The molecule has 0 saturated carbocycles. The van der Waals surface area contributed by atoms with E-state index in [1.807, 2.05) is 25.1 Å². The van der Waals surface area contributed by atoms with E-state index in [-0.39, 0.29) is 5.78 Å². The number of allylic oxidation sites excluding steroid dienone is 1. The van der Waals surface area contributed by atoms with Gasteiger partial charge in [0.2, 0.25) is 0 Å². The molecule has 1 aromatic rings. The van der Waals surface area contributed by atoms with Crippen LogP contribution in [0.4, 0.5) is 0 Å². The standard InChI is InChI=1S/C9H9NO/c1-6-5-7-8(10-6)3-2-4-9(7)11/h2-3,5,10H,4H2,1H3. The third-order valence-corrected chi connectivity index (χ3v) is 1.87. The Morgan fingerprint density at radius 2 is 2.36 bits per heavy atom. The third-order valence-electron chi connectivity index (χ3n) is 1.87. The molecule has 0 saturated heterocycles. The molecule has 0 atom stereocenters. The summed E-state index contributed by atoms with van der Waals surface area (Å²) in [6, 6.07) is 1.90. The molecule has 0 radical (unpaired) electrons. The Morgan fingerprint density at radius 1 is 1.55 bits per heavy atom. The van der Waals surface area contributed by atoms with E-state index in [0.29, 0.717) is 6.42 Å². The van der Waals surface area contributed by atoms with E-state index in [1.165, 1.54) is 0 Å². The number of carbonyl (C=O) groups excluding carboxylic acids is 1. The van der Waals surface area contributed by atoms with Crippen LogP contribution in [0.25, 0.3) is 6.08 Å². The van der Waals surface area contributed by atoms with Crippen molar-refractivity contribution in [2.45, 2.75) is 13.3 Å². The summed E-state index contributed by atoms with van der Waals surface area (Å²) >= 11 is 0. The van der Waals surface area contributed by atoms with Crippen LogP contribution in [0.5, 0.6) is 0 Å². The van der Waals surface area contributed by atoms with Crippen molar-refractivity contribution in [2.75, 3.05) is 0 Å². The van der Waals surface area contributed by atoms with Gasteiger partial charge in [0.05, 0.1) is 0 Å². The van der Waals surface area contributed by atoms with Crippen molar-refractivity contribution in [2.24, 2.45) is 0 Å². The van der Waals surface area contributed by atoms with Gasteiger partial charge in [-0.15, -0.1) is 0 Å². The minimum atomic E-state index is 0.215. The maximum Gasteiger partial charge on any atom is 0.168 e. The van der Waals surface area contributed by atoms with Crippen LogP contribution in [-0.2, 0) is 0 Å². The first kappa shape index (κ1) is 6.40. The molecule has 0 unspecified atom stereocenters. The summed E-state index contributed by atoms with van der Waals surface area (Å²) in [6.07, 6.45) is 4.40. The maximum absolute atomic E-state index is 11.2. The first-order chi connectivity index (χ1) is 5.27. The molecule has 1 aromatic heterocycles. The van der Waals surface area contributed by atoms with Crippen LogP contribution < -0.4 is 0 Å². The molecular formula is C9H9NO. The Balaban J connectivity index is 2.62. The second kappa shape index (κ2) is 2.09. The van der Waals surface area contributed by atoms with Gasteiger partial charge in [-0.2, -0.15) is 0 Å². The zero-order chi connectivity index (χ0) is 7.84. The predicted octanol–water partition coefficient (Wildman–Crippen LogP) is 1.92. The Hall–Kier alpha value is -1.31. The van der Waals surface area contributed by atoms with Gasteiger partial charge in [0.1, 0.15) is 0 Å². The average molecular weight is 147 g/mol. The fourth-order valence-electron chi connectivity index (χ4n) is 1.37. The highest BCUT2D eigenvalue weighted by molar-refractivity contribution is 6.02. The average Bonchev–Trinajstić information content (AvgIpc) is 2.31. The van der Waals surface area contributed by atoms with Gasteiger partial charge in [0, 0.05) is 23.4 Å². The molecule has 0 fully saturated rings. The number of H-pyrrole nitrogens is 1. The fourth-order valence-corrected chi connectivity index (χ4v) is 1.37. The number of hydrogen-bond acceptors (Lipinski definition) is 1. The molecule has 0 bridgehead atoms. The molecule has 56 valence electrons. The molecule has 0 spiro atoms. The van der Waals surface area contributed by atoms with Gasteiger partial charge in [-0.3, -0.25) is 4.79 Å². The summed E-state index contributed by atoms with van der Waals surface area (Å²) in [5.74, 6) is 0.215. The van der Waals surface area contributed by atoms with Gasteiger partial charge in [-0.25, -0.2) is 0 Å². The summed E-state index contributed by atoms with van der Waals surface area (Å²) in [6.45, 7) is 1.96. The molecule has 0 amide bonds. The molecule has 1 N–H and O–H groups in total. The zero-order valence-electron chi connectivity index (χ0n) is 6.35. The van der Waals surface area contributed by atoms with Crippen molar-refractivity contribution in [1.29, 1.82) is 0 Å². The maximum atomic E-state index is 11.2. The van der Waals surface area contributed by atoms with Crippen LogP contribution in [0.1, 0.15) is 28.2 Å². The number of Topliss-reactive ketones (excluding diaryl/α,β-unsaturated/α-hetero) is 1. The Kier molecular flexibility index (Phi) is 1.22. The molecule has 1 heterocycles. The highest BCUT2D eigenvalue weighted by atomic mass is 16.1. The first-order valence-electron chi connectivity index (χ1n) is 3.67. The van der Waals surface area contributed by atoms with Crippen molar-refractivity contribution in [3.63, 3.8) is 0 Å². The van der Waals surface area contributed by atoms with E-state index < -0.39 is 0 Å². The predicted molar refractivity (Wildman–Crippen MR) is 43.5 cm³/mol. The van der Waals surface area contributed by atoms with Crippen molar-refractivity contribution in [1.82, 2.24) is 4.98 Å². The number of ketones is 1. The summed E-state index contributed by atoms with van der Waals surface area (Å²) < 4.78 is 0. The Morgan fingerprint density at radius 3 is 3.09 bits per heavy atom. The number of aromatic nitrogens is 1. The largest absolute Gasteiger partial charge is 0.359 e. The Bertz CT molecular complexity index is 333. The second-order valence-corrected chi connectivity index (χ2v) is 2.81. The van der Waals surface area contributed by atoms with Crippen LogP contribution in [0.3, 0.4) is 0 Å². The van der Waals surface area contributed by atoms with E-state index in [2.05, 4.69) is 4.98 Å². The highest BCUT2D eigenvalue weighted by Gasteiger charge is 2.14. The van der Waals surface area contributed by atoms with Crippen LogP contribution >= 0.6 is 0 Å². The molecule has 1 aliphatic rings. The first-order valence-corrected chi connectivity index (χ1v) is 3.67. The quantitative estimate of drug-likeness (QED) is 0.597. The van der Waals surface area contributed by atoms with E-state index >= 15 is 0 Å². The summed E-state index contributed by atoms with van der Waals surface area (Å²) in [5, 5.41) is 0. The zero-order valence-corrected chi connectivity index (χ0v) is 6.35. The van der Waals surface area contributed by atoms with Crippen LogP contribution in [0.15, 0.2) is 12.1 Å². The van der Waals surface area contributed by atoms with Crippen molar-refractivity contribution < 1.29 is 4.79 Å². The topological polar surface area (TPSA) is 32.9 Å². The molecule has 1 aliphatic carbocycles. The highest BCUT2D eigenvalue weighted by Crippen LogP contribution is 2.18. The van der Waals surface area contributed by atoms with E-state index in [1.54, 1.807) is 0 Å². The van der Waals surface area contributed by atoms with Crippen molar-refractivity contribution in [3.05, 3.63) is 29.1 Å². The van der Waals surface area contributed by atoms with Gasteiger partial charge in [-0.1, -0.05) is 6.08 Å². The fraction of sp³-hybridized carbons (Fsp3) is 0.222. The molecular weight excluding hydrogens is 138 g/mol. The monoisotopic (exact) mass is 147 g/mol. The lowest BCUT2D eigenvalue weighted by atomic mass is 10.0. The number of rotatable bonds is 0. The van der Waals surface area contributed by atoms with Gasteiger partial charge < -0.3 is 4.98 Å². The lowest BCUT2D eigenvalue weighted by molar-refractivity contribution is 0.0994. The van der Waals surface area contributed by atoms with Crippen LogP contribution in [-0.4, -0.2) is 10.8 Å². The van der Waals surface area contributed by atoms with E-state index in [0.717, 1.165) is 17.0 Å². The summed E-state index contributed by atoms with van der Waals surface area (Å²) in [4.78, 5) is 14.3. The molecule has 2 rings (SSSR count). The SMILES string of the molecule is Cc1cc2c([nH]1)C=CCC2=O. The summed E-state index contributed by atoms with van der Waals surface area (Å²) in [7, 11) is 0. The minimum absolute atomic E-state index is 0.215. The smallest absolute Gasteiger partial charge is 0.168 e. The second-order valence-electron chi connectivity index (χ2n) is 2.81. The number of fused-ring (bicyclic) bond motifs is 1. The molecule has 11 heavy (non-hydrogen) atoms. The van der Waals surface area contributed by atoms with Gasteiger partial charge in [-0.05, 0) is 19.1 Å². The molecule has 2 heteroatoms. The Labute approximate surface area is 64.9 Å². The lowest BCUT2D eigenvalue weighted by Crippen LogP contribution is -2.01. The summed E-state index contributed by atoms with van der Waals surface area (Å²) in [5.41, 5.74) is 2.85. The van der Waals surface area contributed by atoms with Crippen LogP contribution in [0.2, 0.25) is 0 Å². The van der Waals surface area contributed by atoms with Gasteiger partial charge >= 0.3 is 0 Å². The lowest BCUT2D eigenvalue weighted by Gasteiger charge is -2.01. The molecule has 0 aromatic carbocycles. The molecule has 2 nitrogen and oxygen atoms in total. The number of nitrogens with one attached hydrogen (secondary N) is 1. The van der Waals surface area contributed by atoms with E-state index in [9.17, 15) is 4.79 Å². The number of aromatic amines is 1. The van der Waals surface area contributed by atoms with Crippen LogP contribution in [0, 0.1) is 6.92 Å². The molecule has 0 aliphatic heterocycles. The van der Waals surface area contributed by atoms with E-state index in [4.69, 9.17) is 0 Å². The van der Waals surface area contributed by atoms with Gasteiger partial charge in [0.25, 0.3) is 0 Å². The normalized spacial score (nSPS) is 15.2. The van der Waals surface area contributed by atoms with Crippen molar-refractivity contribution >= 4 is 11.9 Å². The number of hydrogen-bond donors (Lipinski definition) is 1.